The van der Waals surface area contributed by atoms with Crippen LogP contribution in [0, 0.1) is 29.6 Å². The number of carbonyl (C=O) groups excluding carboxylic acids is 1. The fraction of sp³-hybridized carbons (Fsp3) is 0.100. The van der Waals surface area contributed by atoms with E-state index in [2.05, 4.69) is 21.1 Å². The molecule has 0 aliphatic carbocycles. The molecule has 0 bridgehead atoms. The molecule has 0 fully saturated rings. The van der Waals surface area contributed by atoms with Crippen molar-refractivity contribution in [1.82, 2.24) is 24.3 Å². The number of Topliss-reactive ketones (excluding diaryl/α,β-unsaturated/α-hetero) is 1. The summed E-state index contributed by atoms with van der Waals surface area (Å²) in [6.45, 7) is 3.25. The van der Waals surface area contributed by atoms with Crippen LogP contribution in [-0.4, -0.2) is 30.1 Å². The predicted octanol–water partition coefficient (Wildman–Crippen LogP) is 2.86. The molecule has 4 rings (SSSR count). The Labute approximate surface area is 159 Å². The zero-order valence-electron chi connectivity index (χ0n) is 15.1. The summed E-state index contributed by atoms with van der Waals surface area (Å²) in [7, 11) is 0. The molecule has 0 N–H and O–H groups in total. The largest absolute Gasteiger partial charge is 0.294 e. The number of rotatable bonds is 3. The number of ketones is 1. The van der Waals surface area contributed by atoms with Crippen molar-refractivity contribution in [3.63, 3.8) is 0 Å². The van der Waals surface area contributed by atoms with Gasteiger partial charge in [-0.05, 0) is 50.2 Å². The van der Waals surface area contributed by atoms with Crippen molar-refractivity contribution >= 4 is 16.8 Å². The van der Waals surface area contributed by atoms with E-state index in [0.29, 0.717) is 34.0 Å². The first-order chi connectivity index (χ1) is 13.5. The quantitative estimate of drug-likeness (QED) is 0.515. The van der Waals surface area contributed by atoms with E-state index in [1.165, 1.54) is 11.6 Å². The SMILES string of the molecule is CC(=O)c1ccc(-n2cnc3cc(C#N)ccc32)nc1-n1nc(C#N)cc1C. The van der Waals surface area contributed by atoms with Crippen molar-refractivity contribution in [3.05, 3.63) is 65.2 Å². The molecule has 28 heavy (non-hydrogen) atoms. The van der Waals surface area contributed by atoms with Crippen molar-refractivity contribution in [3.8, 4) is 23.8 Å². The van der Waals surface area contributed by atoms with Gasteiger partial charge in [0.2, 0.25) is 0 Å². The van der Waals surface area contributed by atoms with Crippen LogP contribution < -0.4 is 0 Å². The molecule has 0 saturated carbocycles. The Morgan fingerprint density at radius 2 is 1.93 bits per heavy atom. The van der Waals surface area contributed by atoms with Gasteiger partial charge in [-0.15, -0.1) is 0 Å². The number of imidazole rings is 1. The van der Waals surface area contributed by atoms with Gasteiger partial charge in [0.25, 0.3) is 0 Å². The Morgan fingerprint density at radius 3 is 2.61 bits per heavy atom. The molecule has 4 aromatic rings. The van der Waals surface area contributed by atoms with E-state index in [0.717, 1.165) is 5.52 Å². The van der Waals surface area contributed by atoms with Crippen molar-refractivity contribution < 1.29 is 4.79 Å². The maximum atomic E-state index is 12.1. The first kappa shape index (κ1) is 17.1. The van der Waals surface area contributed by atoms with E-state index >= 15 is 0 Å². The molecule has 8 nitrogen and oxygen atoms in total. The number of hydrogen-bond acceptors (Lipinski definition) is 6. The average molecular weight is 367 g/mol. The van der Waals surface area contributed by atoms with Crippen molar-refractivity contribution in [2.45, 2.75) is 13.8 Å². The molecule has 0 atom stereocenters. The molecule has 8 heteroatoms. The lowest BCUT2D eigenvalue weighted by Crippen LogP contribution is -2.11. The van der Waals surface area contributed by atoms with E-state index in [-0.39, 0.29) is 11.5 Å². The molecule has 0 radical (unpaired) electrons. The standard InChI is InChI=1S/C20H13N7O/c1-12-7-15(10-22)25-27(12)20-16(13(2)28)4-6-19(24-20)26-11-23-17-8-14(9-21)3-5-18(17)26/h3-8,11H,1-2H3. The number of aryl methyl sites for hydroxylation is 1. The fourth-order valence-electron chi connectivity index (χ4n) is 3.02. The summed E-state index contributed by atoms with van der Waals surface area (Å²) in [6, 6.07) is 14.3. The monoisotopic (exact) mass is 367 g/mol. The zero-order chi connectivity index (χ0) is 19.8. The smallest absolute Gasteiger partial charge is 0.166 e. The third-order valence-corrected chi connectivity index (χ3v) is 4.37. The second-order valence-electron chi connectivity index (χ2n) is 6.22. The normalized spacial score (nSPS) is 10.6. The third kappa shape index (κ3) is 2.70. The summed E-state index contributed by atoms with van der Waals surface area (Å²) in [5, 5.41) is 22.4. The van der Waals surface area contributed by atoms with Crippen molar-refractivity contribution in [2.24, 2.45) is 0 Å². The molecular weight excluding hydrogens is 354 g/mol. The Morgan fingerprint density at radius 1 is 1.11 bits per heavy atom. The highest BCUT2D eigenvalue weighted by Gasteiger charge is 2.17. The molecule has 0 spiro atoms. The van der Waals surface area contributed by atoms with Gasteiger partial charge in [0, 0.05) is 5.69 Å². The minimum atomic E-state index is -0.156. The van der Waals surface area contributed by atoms with Crippen molar-refractivity contribution in [1.29, 1.82) is 10.5 Å². The highest BCUT2D eigenvalue weighted by molar-refractivity contribution is 5.97. The number of nitrogens with zero attached hydrogens (tertiary/aromatic N) is 7. The Bertz CT molecular complexity index is 1330. The molecule has 0 unspecified atom stereocenters. The number of aromatic nitrogens is 5. The van der Waals surface area contributed by atoms with Gasteiger partial charge in [-0.2, -0.15) is 15.6 Å². The highest BCUT2D eigenvalue weighted by Crippen LogP contribution is 2.22. The van der Waals surface area contributed by atoms with E-state index in [4.69, 9.17) is 10.5 Å². The van der Waals surface area contributed by atoms with Crippen LogP contribution in [0.4, 0.5) is 0 Å². The Balaban J connectivity index is 1.93. The van der Waals surface area contributed by atoms with Gasteiger partial charge in [-0.25, -0.2) is 14.6 Å². The summed E-state index contributed by atoms with van der Waals surface area (Å²) >= 11 is 0. The molecule has 0 aliphatic heterocycles. The van der Waals surface area contributed by atoms with E-state index < -0.39 is 0 Å². The maximum Gasteiger partial charge on any atom is 0.166 e. The lowest BCUT2D eigenvalue weighted by molar-refractivity contribution is 0.101. The third-order valence-electron chi connectivity index (χ3n) is 4.37. The highest BCUT2D eigenvalue weighted by atomic mass is 16.1. The van der Waals surface area contributed by atoms with Crippen LogP contribution in [-0.2, 0) is 0 Å². The molecule has 0 aliphatic rings. The lowest BCUT2D eigenvalue weighted by atomic mass is 10.2. The van der Waals surface area contributed by atoms with Gasteiger partial charge in [0.05, 0.1) is 28.2 Å². The molecule has 0 saturated heterocycles. The van der Waals surface area contributed by atoms with Crippen LogP contribution in [0.2, 0.25) is 0 Å². The number of nitriles is 2. The van der Waals surface area contributed by atoms with E-state index in [1.54, 1.807) is 54.2 Å². The van der Waals surface area contributed by atoms with Crippen LogP contribution in [0.1, 0.15) is 34.2 Å². The fourth-order valence-corrected chi connectivity index (χ4v) is 3.02. The Kier molecular flexibility index (Phi) is 3.95. The lowest BCUT2D eigenvalue weighted by Gasteiger charge is -2.11. The zero-order valence-corrected chi connectivity index (χ0v) is 15.1. The van der Waals surface area contributed by atoms with Crippen LogP contribution in [0.25, 0.3) is 22.7 Å². The second kappa shape index (κ2) is 6.45. The van der Waals surface area contributed by atoms with Gasteiger partial charge in [-0.1, -0.05) is 0 Å². The Hall–Kier alpha value is -4.30. The van der Waals surface area contributed by atoms with Gasteiger partial charge in [0.1, 0.15) is 18.2 Å². The van der Waals surface area contributed by atoms with Crippen LogP contribution in [0.5, 0.6) is 0 Å². The number of hydrogen-bond donors (Lipinski definition) is 0. The van der Waals surface area contributed by atoms with Gasteiger partial charge in [0.15, 0.2) is 17.3 Å². The minimum absolute atomic E-state index is 0.156. The number of benzene rings is 1. The van der Waals surface area contributed by atoms with E-state index in [1.807, 2.05) is 6.07 Å². The first-order valence-corrected chi connectivity index (χ1v) is 8.38. The number of pyridine rings is 1. The molecule has 1 aromatic carbocycles. The minimum Gasteiger partial charge on any atom is -0.294 e. The van der Waals surface area contributed by atoms with Gasteiger partial charge < -0.3 is 0 Å². The summed E-state index contributed by atoms with van der Waals surface area (Å²) in [4.78, 5) is 21.1. The molecule has 3 aromatic heterocycles. The van der Waals surface area contributed by atoms with Gasteiger partial charge >= 0.3 is 0 Å². The second-order valence-corrected chi connectivity index (χ2v) is 6.22. The first-order valence-electron chi connectivity index (χ1n) is 8.38. The summed E-state index contributed by atoms with van der Waals surface area (Å²) < 4.78 is 3.26. The van der Waals surface area contributed by atoms with E-state index in [9.17, 15) is 4.79 Å². The summed E-state index contributed by atoms with van der Waals surface area (Å²) in [5.41, 5.74) is 3.31. The van der Waals surface area contributed by atoms with Crippen molar-refractivity contribution in [2.75, 3.05) is 0 Å². The molecule has 3 heterocycles. The predicted molar refractivity (Wildman–Crippen MR) is 100 cm³/mol. The summed E-state index contributed by atoms with van der Waals surface area (Å²) in [5.74, 6) is 0.733. The van der Waals surface area contributed by atoms with Crippen LogP contribution >= 0.6 is 0 Å². The molecule has 134 valence electrons. The average Bonchev–Trinajstić information content (AvgIpc) is 3.30. The maximum absolute atomic E-state index is 12.1. The van der Waals surface area contributed by atoms with Crippen LogP contribution in [0.3, 0.4) is 0 Å². The molecule has 0 amide bonds. The van der Waals surface area contributed by atoms with Crippen LogP contribution in [0.15, 0.2) is 42.7 Å². The number of carbonyl (C=O) groups is 1. The van der Waals surface area contributed by atoms with Gasteiger partial charge in [-0.3, -0.25) is 9.36 Å². The topological polar surface area (TPSA) is 113 Å². The molecular formula is C20H13N7O. The summed E-state index contributed by atoms with van der Waals surface area (Å²) in [6.07, 6.45) is 1.61. The number of fused-ring (bicyclic) bond motifs is 1.